The van der Waals surface area contributed by atoms with Gasteiger partial charge in [0, 0.05) is 8.07 Å². The molecule has 0 atom stereocenters. The molecule has 0 unspecified atom stereocenters. The van der Waals surface area contributed by atoms with Crippen molar-refractivity contribution < 1.29 is 24.2 Å². The van der Waals surface area contributed by atoms with Crippen molar-refractivity contribution in [2.75, 3.05) is 0 Å². The van der Waals surface area contributed by atoms with E-state index in [4.69, 9.17) is 0 Å². The fourth-order valence-corrected chi connectivity index (χ4v) is 8.75. The van der Waals surface area contributed by atoms with Crippen LogP contribution in [0.25, 0.3) is 21.5 Å². The molecule has 3 heteroatoms. The van der Waals surface area contributed by atoms with Crippen molar-refractivity contribution in [1.29, 1.82) is 0 Å². The van der Waals surface area contributed by atoms with E-state index in [1.54, 1.807) is 10.4 Å². The molecule has 0 bridgehead atoms. The first-order valence-electron chi connectivity index (χ1n) is 16.0. The van der Waals surface area contributed by atoms with Gasteiger partial charge >= 0.3 is 99.2 Å². The van der Waals surface area contributed by atoms with Crippen LogP contribution < -0.4 is 0 Å². The quantitative estimate of drug-likeness (QED) is 0.123. The van der Waals surface area contributed by atoms with Gasteiger partial charge in [0.15, 0.2) is 0 Å². The Labute approximate surface area is 283 Å². The number of rotatable bonds is 6. The Morgan fingerprint density at radius 3 is 1.45 bits per heavy atom. The number of aryl methyl sites for hydroxylation is 2. The van der Waals surface area contributed by atoms with Crippen molar-refractivity contribution in [3.8, 4) is 0 Å². The zero-order valence-electron chi connectivity index (χ0n) is 28.0. The predicted octanol–water partition coefficient (Wildman–Crippen LogP) is 11.4. The second-order valence-electron chi connectivity index (χ2n) is 13.7. The molecule has 44 heavy (non-hydrogen) atoms. The van der Waals surface area contributed by atoms with Gasteiger partial charge in [0.25, 0.3) is 0 Å². The maximum absolute atomic E-state index is 3.57. The van der Waals surface area contributed by atoms with Crippen LogP contribution in [0.15, 0.2) is 120 Å². The van der Waals surface area contributed by atoms with Crippen molar-refractivity contribution in [2.24, 2.45) is 0 Å². The SMILES string of the molecule is CCc1ccc2c(c1)[cH-]c1cc(CC)ccc12.C[Si](C)(C)C1=[C-]CC([Si](C)(C)C)=C1.[Zr+2]=[C](c1ccccc1)c1ccccc1. The Morgan fingerprint density at radius 1 is 0.659 bits per heavy atom. The molecule has 1 aliphatic rings. The molecule has 0 spiro atoms. The van der Waals surface area contributed by atoms with Crippen molar-refractivity contribution in [1.82, 2.24) is 0 Å². The second kappa shape index (κ2) is 15.1. The van der Waals surface area contributed by atoms with Crippen molar-refractivity contribution in [2.45, 2.75) is 72.4 Å². The van der Waals surface area contributed by atoms with E-state index >= 15 is 0 Å². The summed E-state index contributed by atoms with van der Waals surface area (Å²) in [6.45, 7) is 18.9. The van der Waals surface area contributed by atoms with Gasteiger partial charge in [-0.3, -0.25) is 6.08 Å². The molecule has 5 aromatic rings. The van der Waals surface area contributed by atoms with Crippen LogP contribution in [0.1, 0.15) is 42.5 Å². The average molecular weight is 688 g/mol. The Morgan fingerprint density at radius 2 is 1.11 bits per heavy atom. The van der Waals surface area contributed by atoms with Crippen LogP contribution in [-0.4, -0.2) is 19.4 Å². The molecule has 0 saturated carbocycles. The first kappa shape index (κ1) is 34.3. The van der Waals surface area contributed by atoms with E-state index in [0.29, 0.717) is 0 Å². The minimum absolute atomic E-state index is 1.04. The van der Waals surface area contributed by atoms with Gasteiger partial charge in [0.1, 0.15) is 0 Å². The Bertz CT molecular complexity index is 1660. The van der Waals surface area contributed by atoms with E-state index in [0.717, 1.165) is 19.3 Å². The zero-order valence-corrected chi connectivity index (χ0v) is 32.5. The van der Waals surface area contributed by atoms with E-state index < -0.39 is 16.1 Å². The van der Waals surface area contributed by atoms with Crippen molar-refractivity contribution in [3.05, 3.63) is 148 Å². The number of benzene rings is 4. The molecule has 1 aliphatic carbocycles. The monoisotopic (exact) mass is 686 g/mol. The molecular weight excluding hydrogens is 640 g/mol. The fraction of sp³-hybridized carbons (Fsp3) is 0.268. The maximum atomic E-state index is 3.57. The Hall–Kier alpha value is -2.58. The zero-order chi connectivity index (χ0) is 31.9. The van der Waals surface area contributed by atoms with Gasteiger partial charge in [-0.2, -0.15) is 5.20 Å². The van der Waals surface area contributed by atoms with Gasteiger partial charge in [-0.05, 0) is 12.8 Å². The van der Waals surface area contributed by atoms with E-state index in [1.165, 1.54) is 71.2 Å². The van der Waals surface area contributed by atoms with Crippen LogP contribution in [0.5, 0.6) is 0 Å². The van der Waals surface area contributed by atoms with Gasteiger partial charge < -0.3 is 0 Å². The van der Waals surface area contributed by atoms with E-state index in [2.05, 4.69) is 168 Å². The van der Waals surface area contributed by atoms with E-state index in [9.17, 15) is 0 Å². The normalized spacial score (nSPS) is 13.0. The average Bonchev–Trinajstić information content (AvgIpc) is 3.68. The summed E-state index contributed by atoms with van der Waals surface area (Å²) in [6, 6.07) is 37.1. The molecule has 0 nitrogen and oxygen atoms in total. The molecule has 0 heterocycles. The summed E-state index contributed by atoms with van der Waals surface area (Å²) in [5.74, 6) is 0. The number of hydrogen-bond donors (Lipinski definition) is 0. The summed E-state index contributed by atoms with van der Waals surface area (Å²) in [5.41, 5.74) is 5.50. The minimum atomic E-state index is -1.09. The third-order valence-corrected chi connectivity index (χ3v) is 13.9. The second-order valence-corrected chi connectivity index (χ2v) is 25.1. The first-order valence-corrected chi connectivity index (χ1v) is 24.3. The van der Waals surface area contributed by atoms with Crippen LogP contribution in [0.4, 0.5) is 0 Å². The molecule has 0 N–H and O–H groups in total. The molecule has 6 rings (SSSR count). The van der Waals surface area contributed by atoms with Crippen molar-refractivity contribution >= 4 is 40.9 Å². The number of fused-ring (bicyclic) bond motifs is 3. The van der Waals surface area contributed by atoms with Crippen LogP contribution in [0, 0.1) is 6.08 Å². The molecule has 0 radical (unpaired) electrons. The molecule has 224 valence electrons. The third kappa shape index (κ3) is 9.00. The van der Waals surface area contributed by atoms with E-state index in [-0.39, 0.29) is 0 Å². The molecular formula is C41H48Si2Zr. The van der Waals surface area contributed by atoms with Gasteiger partial charge in [0.2, 0.25) is 0 Å². The molecule has 0 aromatic heterocycles. The Kier molecular flexibility index (Phi) is 11.8. The van der Waals surface area contributed by atoms with Crippen LogP contribution >= 0.6 is 0 Å². The van der Waals surface area contributed by atoms with Crippen LogP contribution in [-0.2, 0) is 37.1 Å². The van der Waals surface area contributed by atoms with E-state index in [1.807, 2.05) is 0 Å². The van der Waals surface area contributed by atoms with Crippen molar-refractivity contribution in [3.63, 3.8) is 0 Å². The van der Waals surface area contributed by atoms with Gasteiger partial charge in [0.05, 0.1) is 8.07 Å². The fourth-order valence-electron chi connectivity index (χ4n) is 5.37. The van der Waals surface area contributed by atoms with Gasteiger partial charge in [-0.15, -0.1) is 46.2 Å². The summed E-state index contributed by atoms with van der Waals surface area (Å²) in [4.78, 5) is 0. The van der Waals surface area contributed by atoms with Gasteiger partial charge in [-0.1, -0.05) is 88.5 Å². The summed E-state index contributed by atoms with van der Waals surface area (Å²) in [7, 11) is -2.14. The van der Waals surface area contributed by atoms with Gasteiger partial charge in [-0.25, -0.2) is 11.3 Å². The summed E-state index contributed by atoms with van der Waals surface area (Å²) >= 11 is 1.46. The van der Waals surface area contributed by atoms with Crippen LogP contribution in [0.2, 0.25) is 39.3 Å². The molecule has 0 saturated heterocycles. The first-order chi connectivity index (χ1) is 20.9. The number of hydrogen-bond acceptors (Lipinski definition) is 0. The topological polar surface area (TPSA) is 0 Å². The summed E-state index contributed by atoms with van der Waals surface area (Å²) in [6.07, 6.45) is 9.37. The summed E-state index contributed by atoms with van der Waals surface area (Å²) in [5, 5.41) is 8.77. The predicted molar refractivity (Wildman–Crippen MR) is 198 cm³/mol. The molecule has 0 aliphatic heterocycles. The standard InChI is InChI=1S/C17H17.C13H10.C11H21Si2.Zr/c1-3-12-5-7-16-14(9-12)11-15-10-13(4-2)6-8-17(15)16;1-3-7-12(8-4-1)11-13-9-5-2-6-10-13;1-12(2,3)10-7-8-11(9-10)13(4,5)6;/h5-11H,3-4H2,1-2H3;1-10H;9H,7H2,1-6H3;/q-1;;-1;+2. The molecule has 0 amide bonds. The number of allylic oxidation sites excluding steroid dienone is 4. The molecule has 5 aromatic carbocycles. The Balaban J connectivity index is 0.000000153. The van der Waals surface area contributed by atoms with Crippen LogP contribution in [0.3, 0.4) is 0 Å². The third-order valence-electron chi connectivity index (χ3n) is 8.33. The summed E-state index contributed by atoms with van der Waals surface area (Å²) < 4.78 is 1.42. The molecule has 0 fully saturated rings.